The second kappa shape index (κ2) is 4.76. The van der Waals surface area contributed by atoms with Crippen molar-refractivity contribution >= 4 is 22.9 Å². The standard InChI is InChI=1S/C11H17N3OS/c1-11(2,15)7-14(3)8-4-5-13-9(6-8)10(12)16/h4-6,15H,7H2,1-3H3,(H2,12,16). The summed E-state index contributed by atoms with van der Waals surface area (Å²) in [5.74, 6) is 0. The second-order valence-electron chi connectivity index (χ2n) is 4.43. The van der Waals surface area contributed by atoms with E-state index in [0.29, 0.717) is 12.2 Å². The van der Waals surface area contributed by atoms with Gasteiger partial charge in [0.05, 0.1) is 11.3 Å². The molecule has 5 heteroatoms. The van der Waals surface area contributed by atoms with Crippen molar-refractivity contribution in [1.29, 1.82) is 0 Å². The number of hydrogen-bond acceptors (Lipinski definition) is 4. The summed E-state index contributed by atoms with van der Waals surface area (Å²) < 4.78 is 0. The summed E-state index contributed by atoms with van der Waals surface area (Å²) in [6.45, 7) is 4.05. The van der Waals surface area contributed by atoms with Gasteiger partial charge in [-0.3, -0.25) is 4.98 Å². The number of nitrogens with zero attached hydrogens (tertiary/aromatic N) is 2. The lowest BCUT2D eigenvalue weighted by atomic mass is 10.1. The van der Waals surface area contributed by atoms with Gasteiger partial charge in [-0.2, -0.15) is 0 Å². The zero-order chi connectivity index (χ0) is 12.3. The lowest BCUT2D eigenvalue weighted by molar-refractivity contribution is 0.0886. The van der Waals surface area contributed by atoms with Crippen LogP contribution in [-0.4, -0.2) is 34.3 Å². The first-order valence-corrected chi connectivity index (χ1v) is 5.40. The minimum absolute atomic E-state index is 0.276. The number of hydrogen-bond donors (Lipinski definition) is 2. The van der Waals surface area contributed by atoms with Crippen LogP contribution >= 0.6 is 12.2 Å². The molecule has 16 heavy (non-hydrogen) atoms. The third-order valence-electron chi connectivity index (χ3n) is 2.06. The van der Waals surface area contributed by atoms with Gasteiger partial charge in [-0.05, 0) is 26.0 Å². The minimum Gasteiger partial charge on any atom is -0.389 e. The van der Waals surface area contributed by atoms with E-state index in [4.69, 9.17) is 18.0 Å². The number of anilines is 1. The molecule has 4 nitrogen and oxygen atoms in total. The number of aromatic nitrogens is 1. The van der Waals surface area contributed by atoms with Crippen molar-refractivity contribution in [3.63, 3.8) is 0 Å². The predicted molar refractivity (Wildman–Crippen MR) is 69.7 cm³/mol. The van der Waals surface area contributed by atoms with E-state index in [9.17, 15) is 5.11 Å². The molecule has 1 aromatic rings. The van der Waals surface area contributed by atoms with Crippen molar-refractivity contribution in [2.45, 2.75) is 19.4 Å². The maximum atomic E-state index is 9.72. The Morgan fingerprint density at radius 2 is 2.25 bits per heavy atom. The first kappa shape index (κ1) is 12.9. The Labute approximate surface area is 101 Å². The molecule has 0 aliphatic heterocycles. The normalized spacial score (nSPS) is 11.2. The van der Waals surface area contributed by atoms with Crippen LogP contribution in [0.1, 0.15) is 19.5 Å². The van der Waals surface area contributed by atoms with E-state index in [-0.39, 0.29) is 4.99 Å². The lowest BCUT2D eigenvalue weighted by Gasteiger charge is -2.27. The van der Waals surface area contributed by atoms with Gasteiger partial charge in [0.2, 0.25) is 0 Å². The minimum atomic E-state index is -0.749. The molecule has 0 atom stereocenters. The molecule has 0 bridgehead atoms. The fourth-order valence-electron chi connectivity index (χ4n) is 1.46. The fourth-order valence-corrected chi connectivity index (χ4v) is 1.57. The molecule has 0 radical (unpaired) electrons. The molecule has 0 saturated heterocycles. The predicted octanol–water partition coefficient (Wildman–Crippen LogP) is 0.923. The number of aliphatic hydroxyl groups is 1. The van der Waals surface area contributed by atoms with Crippen molar-refractivity contribution in [3.8, 4) is 0 Å². The van der Waals surface area contributed by atoms with Crippen molar-refractivity contribution < 1.29 is 5.11 Å². The SMILES string of the molecule is CN(CC(C)(C)O)c1ccnc(C(N)=S)c1. The van der Waals surface area contributed by atoms with Gasteiger partial charge in [0.25, 0.3) is 0 Å². The number of likely N-dealkylation sites (N-methyl/N-ethyl adjacent to an activating group) is 1. The number of pyridine rings is 1. The van der Waals surface area contributed by atoms with E-state index in [1.807, 2.05) is 24.1 Å². The molecule has 0 aromatic carbocycles. The van der Waals surface area contributed by atoms with Crippen molar-refractivity contribution in [3.05, 3.63) is 24.0 Å². The molecule has 3 N–H and O–H groups in total. The van der Waals surface area contributed by atoms with E-state index in [0.717, 1.165) is 5.69 Å². The Bertz CT molecular complexity index is 387. The number of thiocarbonyl (C=S) groups is 1. The molecule has 88 valence electrons. The second-order valence-corrected chi connectivity index (χ2v) is 4.87. The van der Waals surface area contributed by atoms with Crippen molar-refractivity contribution in [1.82, 2.24) is 4.98 Å². The highest BCUT2D eigenvalue weighted by Gasteiger charge is 2.16. The summed E-state index contributed by atoms with van der Waals surface area (Å²) in [7, 11) is 1.90. The maximum Gasteiger partial charge on any atom is 0.122 e. The van der Waals surface area contributed by atoms with Gasteiger partial charge in [-0.25, -0.2) is 0 Å². The highest BCUT2D eigenvalue weighted by molar-refractivity contribution is 7.80. The summed E-state index contributed by atoms with van der Waals surface area (Å²) in [6, 6.07) is 3.67. The topological polar surface area (TPSA) is 62.4 Å². The average Bonchev–Trinajstić information content (AvgIpc) is 2.15. The van der Waals surface area contributed by atoms with Crippen LogP contribution in [-0.2, 0) is 0 Å². The zero-order valence-electron chi connectivity index (χ0n) is 9.77. The molecule has 0 amide bonds. The van der Waals surface area contributed by atoms with Gasteiger partial charge in [0, 0.05) is 25.5 Å². The third kappa shape index (κ3) is 3.75. The molecule has 0 saturated carbocycles. The molecule has 0 aliphatic rings. The Kier molecular flexibility index (Phi) is 3.83. The van der Waals surface area contributed by atoms with E-state index >= 15 is 0 Å². The monoisotopic (exact) mass is 239 g/mol. The lowest BCUT2D eigenvalue weighted by Crippen LogP contribution is -2.36. The van der Waals surface area contributed by atoms with E-state index in [1.165, 1.54) is 0 Å². The smallest absolute Gasteiger partial charge is 0.122 e. The van der Waals surface area contributed by atoms with E-state index < -0.39 is 5.60 Å². The highest BCUT2D eigenvalue weighted by Crippen LogP contribution is 2.15. The Balaban J connectivity index is 2.87. The molecule has 0 unspecified atom stereocenters. The molecule has 1 heterocycles. The van der Waals surface area contributed by atoms with Crippen LogP contribution in [0.2, 0.25) is 0 Å². The van der Waals surface area contributed by atoms with Crippen LogP contribution in [0, 0.1) is 0 Å². The largest absolute Gasteiger partial charge is 0.389 e. The summed E-state index contributed by atoms with van der Waals surface area (Å²) in [5, 5.41) is 9.72. The van der Waals surface area contributed by atoms with Crippen LogP contribution in [0.15, 0.2) is 18.3 Å². The third-order valence-corrected chi connectivity index (χ3v) is 2.27. The Morgan fingerprint density at radius 3 is 2.75 bits per heavy atom. The van der Waals surface area contributed by atoms with Crippen LogP contribution < -0.4 is 10.6 Å². The summed E-state index contributed by atoms with van der Waals surface area (Å²) in [4.78, 5) is 6.27. The zero-order valence-corrected chi connectivity index (χ0v) is 10.6. The molecule has 1 aromatic heterocycles. The quantitative estimate of drug-likeness (QED) is 0.765. The molecule has 0 spiro atoms. The summed E-state index contributed by atoms with van der Waals surface area (Å²) >= 11 is 4.87. The molecular weight excluding hydrogens is 222 g/mol. The average molecular weight is 239 g/mol. The van der Waals surface area contributed by atoms with Crippen LogP contribution in [0.4, 0.5) is 5.69 Å². The molecule has 0 fully saturated rings. The Hall–Kier alpha value is -1.20. The number of rotatable bonds is 4. The van der Waals surface area contributed by atoms with E-state index in [1.54, 1.807) is 20.0 Å². The van der Waals surface area contributed by atoms with Crippen LogP contribution in [0.3, 0.4) is 0 Å². The molecule has 1 rings (SSSR count). The van der Waals surface area contributed by atoms with Gasteiger partial charge < -0.3 is 15.7 Å². The van der Waals surface area contributed by atoms with Gasteiger partial charge in [0.15, 0.2) is 0 Å². The first-order valence-electron chi connectivity index (χ1n) is 4.99. The van der Waals surface area contributed by atoms with Crippen molar-refractivity contribution in [2.75, 3.05) is 18.5 Å². The van der Waals surface area contributed by atoms with Crippen molar-refractivity contribution in [2.24, 2.45) is 5.73 Å². The summed E-state index contributed by atoms with van der Waals surface area (Å²) in [6.07, 6.45) is 1.66. The van der Waals surface area contributed by atoms with Gasteiger partial charge >= 0.3 is 0 Å². The maximum absolute atomic E-state index is 9.72. The van der Waals surface area contributed by atoms with Gasteiger partial charge in [-0.15, -0.1) is 0 Å². The molecular formula is C11H17N3OS. The fraction of sp³-hybridized carbons (Fsp3) is 0.455. The van der Waals surface area contributed by atoms with Gasteiger partial charge in [-0.1, -0.05) is 12.2 Å². The van der Waals surface area contributed by atoms with E-state index in [2.05, 4.69) is 4.98 Å². The number of nitrogens with two attached hydrogens (primary N) is 1. The van der Waals surface area contributed by atoms with Gasteiger partial charge in [0.1, 0.15) is 4.99 Å². The summed E-state index contributed by atoms with van der Waals surface area (Å²) in [5.41, 5.74) is 6.29. The van der Waals surface area contributed by atoms with Crippen LogP contribution in [0.25, 0.3) is 0 Å². The Morgan fingerprint density at radius 1 is 1.62 bits per heavy atom. The molecule has 0 aliphatic carbocycles. The van der Waals surface area contributed by atoms with Crippen LogP contribution in [0.5, 0.6) is 0 Å². The highest BCUT2D eigenvalue weighted by atomic mass is 32.1. The first-order chi connectivity index (χ1) is 7.29.